The van der Waals surface area contributed by atoms with E-state index in [0.717, 1.165) is 27.9 Å². The highest BCUT2D eigenvalue weighted by Crippen LogP contribution is 2.27. The second-order valence-corrected chi connectivity index (χ2v) is 6.73. The van der Waals surface area contributed by atoms with E-state index in [9.17, 15) is 4.79 Å². The van der Waals surface area contributed by atoms with Crippen LogP contribution in [0.25, 0.3) is 22.2 Å². The minimum Gasteiger partial charge on any atom is -0.497 e. The van der Waals surface area contributed by atoms with Gasteiger partial charge in [0.1, 0.15) is 5.75 Å². The number of para-hydroxylation sites is 1. The van der Waals surface area contributed by atoms with Crippen LogP contribution < -0.4 is 4.74 Å². The number of hydrogen-bond donors (Lipinski definition) is 0. The van der Waals surface area contributed by atoms with Crippen LogP contribution in [-0.4, -0.2) is 48.7 Å². The van der Waals surface area contributed by atoms with Crippen molar-refractivity contribution in [2.24, 2.45) is 0 Å². The molecule has 5 nitrogen and oxygen atoms in total. The van der Waals surface area contributed by atoms with Crippen LogP contribution in [0.4, 0.5) is 0 Å². The Hall–Kier alpha value is -2.92. The molecule has 1 atom stereocenters. The van der Waals surface area contributed by atoms with Gasteiger partial charge in [0.05, 0.1) is 36.6 Å². The molecule has 0 bridgehead atoms. The molecule has 27 heavy (non-hydrogen) atoms. The summed E-state index contributed by atoms with van der Waals surface area (Å²) in [5, 5.41) is 0.874. The summed E-state index contributed by atoms with van der Waals surface area (Å²) in [7, 11) is 1.64. The van der Waals surface area contributed by atoms with Gasteiger partial charge in [-0.3, -0.25) is 4.79 Å². The van der Waals surface area contributed by atoms with Crippen molar-refractivity contribution < 1.29 is 14.3 Å². The summed E-state index contributed by atoms with van der Waals surface area (Å²) >= 11 is 0. The Bertz CT molecular complexity index is 969. The standard InChI is InChI=1S/C22H22N2O3/c1-15-14-24(11-12-27-15)22(25)19-13-21(16-7-9-17(26-2)10-8-16)23-20-6-4-3-5-18(19)20/h3-10,13,15H,11-12,14H2,1-2H3/t15-/m0/s1. The summed E-state index contributed by atoms with van der Waals surface area (Å²) in [6.45, 7) is 3.78. The number of aromatic nitrogens is 1. The first-order chi connectivity index (χ1) is 13.2. The largest absolute Gasteiger partial charge is 0.497 e. The fourth-order valence-electron chi connectivity index (χ4n) is 3.44. The van der Waals surface area contributed by atoms with E-state index in [1.165, 1.54) is 0 Å². The van der Waals surface area contributed by atoms with Crippen LogP contribution in [0.1, 0.15) is 17.3 Å². The molecule has 1 saturated heterocycles. The molecule has 0 radical (unpaired) electrons. The summed E-state index contributed by atoms with van der Waals surface area (Å²) < 4.78 is 10.8. The molecule has 1 amide bonds. The van der Waals surface area contributed by atoms with Crippen LogP contribution in [0.3, 0.4) is 0 Å². The maximum Gasteiger partial charge on any atom is 0.254 e. The highest BCUT2D eigenvalue weighted by Gasteiger charge is 2.24. The molecule has 0 N–H and O–H groups in total. The number of pyridine rings is 1. The Morgan fingerprint density at radius 3 is 2.70 bits per heavy atom. The van der Waals surface area contributed by atoms with Gasteiger partial charge in [-0.05, 0) is 43.3 Å². The van der Waals surface area contributed by atoms with Crippen molar-refractivity contribution >= 4 is 16.8 Å². The average Bonchev–Trinajstić information content (AvgIpc) is 2.72. The highest BCUT2D eigenvalue weighted by molar-refractivity contribution is 6.07. The summed E-state index contributed by atoms with van der Waals surface area (Å²) in [5.41, 5.74) is 3.22. The number of carbonyl (C=O) groups excluding carboxylic acids is 1. The molecule has 2 aromatic carbocycles. The van der Waals surface area contributed by atoms with E-state index in [-0.39, 0.29) is 12.0 Å². The van der Waals surface area contributed by atoms with E-state index in [1.807, 2.05) is 66.4 Å². The van der Waals surface area contributed by atoms with Crippen LogP contribution in [0.2, 0.25) is 0 Å². The fourth-order valence-corrected chi connectivity index (χ4v) is 3.44. The highest BCUT2D eigenvalue weighted by atomic mass is 16.5. The zero-order chi connectivity index (χ0) is 18.8. The van der Waals surface area contributed by atoms with Crippen molar-refractivity contribution in [3.8, 4) is 17.0 Å². The van der Waals surface area contributed by atoms with Crippen LogP contribution >= 0.6 is 0 Å². The van der Waals surface area contributed by atoms with Crippen molar-refractivity contribution in [1.29, 1.82) is 0 Å². The lowest BCUT2D eigenvalue weighted by molar-refractivity contribution is -0.0123. The number of fused-ring (bicyclic) bond motifs is 1. The Morgan fingerprint density at radius 2 is 1.96 bits per heavy atom. The molecule has 4 rings (SSSR count). The first-order valence-electron chi connectivity index (χ1n) is 9.11. The van der Waals surface area contributed by atoms with Gasteiger partial charge in [-0.15, -0.1) is 0 Å². The van der Waals surface area contributed by atoms with Crippen LogP contribution in [0.15, 0.2) is 54.6 Å². The maximum atomic E-state index is 13.3. The van der Waals surface area contributed by atoms with Gasteiger partial charge in [0.25, 0.3) is 5.91 Å². The molecule has 5 heteroatoms. The van der Waals surface area contributed by atoms with Gasteiger partial charge in [-0.25, -0.2) is 4.98 Å². The van der Waals surface area contributed by atoms with Crippen molar-refractivity contribution in [3.63, 3.8) is 0 Å². The lowest BCUT2D eigenvalue weighted by Crippen LogP contribution is -2.44. The van der Waals surface area contributed by atoms with Crippen LogP contribution in [-0.2, 0) is 4.74 Å². The van der Waals surface area contributed by atoms with Crippen molar-refractivity contribution in [1.82, 2.24) is 9.88 Å². The Morgan fingerprint density at radius 1 is 1.19 bits per heavy atom. The third-order valence-corrected chi connectivity index (χ3v) is 4.86. The third-order valence-electron chi connectivity index (χ3n) is 4.86. The summed E-state index contributed by atoms with van der Waals surface area (Å²) in [6.07, 6.45) is 0.0526. The SMILES string of the molecule is COc1ccc(-c2cc(C(=O)N3CCO[C@@H](C)C3)c3ccccc3n2)cc1. The number of amides is 1. The van der Waals surface area contributed by atoms with Crippen molar-refractivity contribution in [3.05, 3.63) is 60.2 Å². The number of nitrogens with zero attached hydrogens (tertiary/aromatic N) is 2. The Balaban J connectivity index is 1.79. The predicted molar refractivity (Wildman–Crippen MR) is 105 cm³/mol. The van der Waals surface area contributed by atoms with Crippen molar-refractivity contribution in [2.75, 3.05) is 26.8 Å². The summed E-state index contributed by atoms with van der Waals surface area (Å²) in [4.78, 5) is 19.9. The summed E-state index contributed by atoms with van der Waals surface area (Å²) in [6, 6.07) is 17.4. The summed E-state index contributed by atoms with van der Waals surface area (Å²) in [5.74, 6) is 0.816. The van der Waals surface area contributed by atoms with Crippen LogP contribution in [0.5, 0.6) is 5.75 Å². The number of morpholine rings is 1. The average molecular weight is 362 g/mol. The fraction of sp³-hybridized carbons (Fsp3) is 0.273. The monoisotopic (exact) mass is 362 g/mol. The van der Waals surface area contributed by atoms with Gasteiger partial charge < -0.3 is 14.4 Å². The first-order valence-corrected chi connectivity index (χ1v) is 9.11. The quantitative estimate of drug-likeness (QED) is 0.712. The predicted octanol–water partition coefficient (Wildman–Crippen LogP) is 3.77. The zero-order valence-corrected chi connectivity index (χ0v) is 15.5. The number of hydrogen-bond acceptors (Lipinski definition) is 4. The molecule has 3 aromatic rings. The second kappa shape index (κ2) is 7.37. The third kappa shape index (κ3) is 3.51. The van der Waals surface area contributed by atoms with Gasteiger partial charge in [0, 0.05) is 24.0 Å². The van der Waals surface area contributed by atoms with E-state index < -0.39 is 0 Å². The molecule has 0 unspecified atom stereocenters. The van der Waals surface area contributed by atoms with E-state index in [4.69, 9.17) is 14.5 Å². The number of carbonyl (C=O) groups is 1. The normalized spacial score (nSPS) is 17.1. The van der Waals surface area contributed by atoms with Crippen molar-refractivity contribution in [2.45, 2.75) is 13.0 Å². The van der Waals surface area contributed by atoms with Gasteiger partial charge >= 0.3 is 0 Å². The molecule has 0 aliphatic carbocycles. The number of rotatable bonds is 3. The van der Waals surface area contributed by atoms with E-state index in [2.05, 4.69) is 0 Å². The van der Waals surface area contributed by atoms with Crippen LogP contribution in [0, 0.1) is 0 Å². The van der Waals surface area contributed by atoms with Gasteiger partial charge in [-0.2, -0.15) is 0 Å². The van der Waals surface area contributed by atoms with Gasteiger partial charge in [0.15, 0.2) is 0 Å². The Kier molecular flexibility index (Phi) is 4.77. The molecule has 138 valence electrons. The topological polar surface area (TPSA) is 51.7 Å². The second-order valence-electron chi connectivity index (χ2n) is 6.73. The lowest BCUT2D eigenvalue weighted by atomic mass is 10.0. The molecule has 1 aliphatic heterocycles. The molecule has 0 spiro atoms. The van der Waals surface area contributed by atoms with E-state index >= 15 is 0 Å². The molecule has 2 heterocycles. The Labute approximate surface area is 158 Å². The number of benzene rings is 2. The smallest absolute Gasteiger partial charge is 0.254 e. The maximum absolute atomic E-state index is 13.3. The molecule has 1 fully saturated rings. The molecule has 1 aromatic heterocycles. The molecule has 0 saturated carbocycles. The minimum atomic E-state index is 0.0264. The van der Waals surface area contributed by atoms with E-state index in [1.54, 1.807) is 7.11 Å². The zero-order valence-electron chi connectivity index (χ0n) is 15.5. The lowest BCUT2D eigenvalue weighted by Gasteiger charge is -2.31. The minimum absolute atomic E-state index is 0.0264. The molecular formula is C22H22N2O3. The van der Waals surface area contributed by atoms with Gasteiger partial charge in [-0.1, -0.05) is 18.2 Å². The molecular weight excluding hydrogens is 340 g/mol. The molecule has 1 aliphatic rings. The van der Waals surface area contributed by atoms with Gasteiger partial charge in [0.2, 0.25) is 0 Å². The number of ether oxygens (including phenoxy) is 2. The van der Waals surface area contributed by atoms with E-state index in [0.29, 0.717) is 25.3 Å². The first kappa shape index (κ1) is 17.5. The number of methoxy groups -OCH3 is 1.